The number of nitrogens with zero attached hydrogens (tertiary/aromatic N) is 1. The number of hydrogen-bond donors (Lipinski definition) is 1. The molecule has 1 heterocycles. The van der Waals surface area contributed by atoms with Crippen molar-refractivity contribution in [1.82, 2.24) is 0 Å². The van der Waals surface area contributed by atoms with Gasteiger partial charge in [0.2, 0.25) is 0 Å². The molecule has 1 N–H and O–H groups in total. The summed E-state index contributed by atoms with van der Waals surface area (Å²) in [5, 5.41) is 10.1. The van der Waals surface area contributed by atoms with Crippen LogP contribution in [-0.2, 0) is 13.0 Å². The van der Waals surface area contributed by atoms with E-state index in [9.17, 15) is 5.11 Å². The number of fused-ring (bicyclic) bond motifs is 1. The number of anilines is 1. The van der Waals surface area contributed by atoms with Gasteiger partial charge in [0.05, 0.1) is 0 Å². The Morgan fingerprint density at radius 2 is 1.95 bits per heavy atom. The highest BCUT2D eigenvalue weighted by Crippen LogP contribution is 2.29. The molecule has 104 valence electrons. The second kappa shape index (κ2) is 5.58. The van der Waals surface area contributed by atoms with Crippen LogP contribution in [0.5, 0.6) is 5.75 Å². The van der Waals surface area contributed by atoms with Gasteiger partial charge in [-0.05, 0) is 43.9 Å². The fraction of sp³-hybridized carbons (Fsp3) is 0.333. The molecular formula is C18H21NO. The van der Waals surface area contributed by atoms with Crippen LogP contribution in [0.4, 0.5) is 5.69 Å². The molecule has 3 rings (SSSR count). The van der Waals surface area contributed by atoms with E-state index in [1.54, 1.807) is 6.07 Å². The van der Waals surface area contributed by atoms with Gasteiger partial charge >= 0.3 is 0 Å². The van der Waals surface area contributed by atoms with Crippen LogP contribution >= 0.6 is 0 Å². The first kappa shape index (κ1) is 13.0. The van der Waals surface area contributed by atoms with Gasteiger partial charge in [-0.15, -0.1) is 0 Å². The Labute approximate surface area is 120 Å². The maximum Gasteiger partial charge on any atom is 0.120 e. The van der Waals surface area contributed by atoms with E-state index in [0.717, 1.165) is 25.1 Å². The van der Waals surface area contributed by atoms with E-state index in [-0.39, 0.29) is 0 Å². The zero-order chi connectivity index (χ0) is 13.9. The van der Waals surface area contributed by atoms with Crippen LogP contribution in [-0.4, -0.2) is 11.7 Å². The van der Waals surface area contributed by atoms with Gasteiger partial charge in [0.15, 0.2) is 0 Å². The van der Waals surface area contributed by atoms with E-state index in [0.29, 0.717) is 5.75 Å². The topological polar surface area (TPSA) is 23.5 Å². The zero-order valence-electron chi connectivity index (χ0n) is 12.0. The van der Waals surface area contributed by atoms with Crippen LogP contribution < -0.4 is 4.90 Å². The number of hydrogen-bond acceptors (Lipinski definition) is 2. The monoisotopic (exact) mass is 267 g/mol. The van der Waals surface area contributed by atoms with Crippen LogP contribution in [0, 0.1) is 6.92 Å². The normalized spacial score (nSPS) is 14.8. The summed E-state index contributed by atoms with van der Waals surface area (Å²) in [6.07, 6.45) is 3.61. The van der Waals surface area contributed by atoms with Crippen molar-refractivity contribution >= 4 is 5.69 Å². The van der Waals surface area contributed by atoms with Gasteiger partial charge in [-0.3, -0.25) is 0 Å². The van der Waals surface area contributed by atoms with Gasteiger partial charge in [0.1, 0.15) is 5.75 Å². The van der Waals surface area contributed by atoms with E-state index in [2.05, 4.69) is 42.2 Å². The van der Waals surface area contributed by atoms with Crippen molar-refractivity contribution in [3.8, 4) is 5.75 Å². The minimum Gasteiger partial charge on any atom is -0.508 e. The summed E-state index contributed by atoms with van der Waals surface area (Å²) in [6, 6.07) is 14.5. The standard InChI is InChI=1S/C18H21NO/c1-14-9-10-18(20)16(12-14)13-19-11-5-4-7-15-6-2-3-8-17(15)19/h2-3,6,8-10,12,20H,4-5,7,11,13H2,1H3. The Morgan fingerprint density at radius 1 is 1.10 bits per heavy atom. The molecule has 2 nitrogen and oxygen atoms in total. The van der Waals surface area contributed by atoms with Gasteiger partial charge < -0.3 is 10.0 Å². The SMILES string of the molecule is Cc1ccc(O)c(CN2CCCCc3ccccc32)c1. The summed E-state index contributed by atoms with van der Waals surface area (Å²) >= 11 is 0. The summed E-state index contributed by atoms with van der Waals surface area (Å²) < 4.78 is 0. The largest absolute Gasteiger partial charge is 0.508 e. The van der Waals surface area contributed by atoms with Crippen LogP contribution in [0.25, 0.3) is 0 Å². The number of para-hydroxylation sites is 1. The zero-order valence-corrected chi connectivity index (χ0v) is 12.0. The van der Waals surface area contributed by atoms with Gasteiger partial charge in [-0.1, -0.05) is 35.9 Å². The second-order valence-electron chi connectivity index (χ2n) is 5.64. The van der Waals surface area contributed by atoms with Gasteiger partial charge in [-0.25, -0.2) is 0 Å². The Morgan fingerprint density at radius 3 is 2.85 bits per heavy atom. The number of aromatic hydroxyl groups is 1. The molecular weight excluding hydrogens is 246 g/mol. The predicted octanol–water partition coefficient (Wildman–Crippen LogP) is 4.04. The summed E-state index contributed by atoms with van der Waals surface area (Å²) in [4.78, 5) is 2.40. The first-order valence-corrected chi connectivity index (χ1v) is 7.35. The number of aryl methyl sites for hydroxylation is 2. The number of phenolic OH excluding ortho intramolecular Hbond substituents is 1. The Hall–Kier alpha value is -1.96. The average molecular weight is 267 g/mol. The first-order valence-electron chi connectivity index (χ1n) is 7.35. The Kier molecular flexibility index (Phi) is 3.64. The second-order valence-corrected chi connectivity index (χ2v) is 5.64. The smallest absolute Gasteiger partial charge is 0.120 e. The molecule has 0 fully saturated rings. The number of rotatable bonds is 2. The Bertz CT molecular complexity index is 606. The lowest BCUT2D eigenvalue weighted by atomic mass is 10.1. The van der Waals surface area contributed by atoms with Gasteiger partial charge in [0.25, 0.3) is 0 Å². The third-order valence-electron chi connectivity index (χ3n) is 4.05. The van der Waals surface area contributed by atoms with Gasteiger partial charge in [-0.2, -0.15) is 0 Å². The molecule has 0 amide bonds. The van der Waals surface area contributed by atoms with Crippen molar-refractivity contribution in [1.29, 1.82) is 0 Å². The molecule has 0 bridgehead atoms. The molecule has 1 aliphatic rings. The van der Waals surface area contributed by atoms with E-state index in [1.165, 1.54) is 29.7 Å². The van der Waals surface area contributed by atoms with Gasteiger partial charge in [0, 0.05) is 24.3 Å². The highest BCUT2D eigenvalue weighted by Gasteiger charge is 2.16. The minimum atomic E-state index is 0.400. The van der Waals surface area contributed by atoms with Crippen molar-refractivity contribution in [3.63, 3.8) is 0 Å². The Balaban J connectivity index is 1.92. The lowest BCUT2D eigenvalue weighted by Gasteiger charge is -2.25. The van der Waals surface area contributed by atoms with E-state index < -0.39 is 0 Å². The molecule has 1 aliphatic heterocycles. The molecule has 0 saturated heterocycles. The van der Waals surface area contributed by atoms with Crippen LogP contribution in [0.3, 0.4) is 0 Å². The predicted molar refractivity (Wildman–Crippen MR) is 83.3 cm³/mol. The third kappa shape index (κ3) is 2.64. The van der Waals surface area contributed by atoms with Crippen molar-refractivity contribution in [3.05, 3.63) is 59.2 Å². The van der Waals surface area contributed by atoms with Crippen LogP contribution in [0.1, 0.15) is 29.5 Å². The quantitative estimate of drug-likeness (QED) is 0.887. The molecule has 0 radical (unpaired) electrons. The van der Waals surface area contributed by atoms with E-state index in [1.807, 2.05) is 6.07 Å². The minimum absolute atomic E-state index is 0.400. The summed E-state index contributed by atoms with van der Waals surface area (Å²) in [5.74, 6) is 0.400. The number of phenols is 1. The van der Waals surface area contributed by atoms with Crippen molar-refractivity contribution in [2.24, 2.45) is 0 Å². The molecule has 2 heteroatoms. The molecule has 0 aromatic heterocycles. The molecule has 2 aromatic rings. The average Bonchev–Trinajstić information content (AvgIpc) is 2.66. The highest BCUT2D eigenvalue weighted by atomic mass is 16.3. The van der Waals surface area contributed by atoms with Crippen LogP contribution in [0.15, 0.2) is 42.5 Å². The molecule has 0 saturated carbocycles. The van der Waals surface area contributed by atoms with Crippen molar-refractivity contribution in [2.45, 2.75) is 32.7 Å². The number of benzene rings is 2. The summed E-state index contributed by atoms with van der Waals surface area (Å²) in [7, 11) is 0. The molecule has 0 unspecified atom stereocenters. The summed E-state index contributed by atoms with van der Waals surface area (Å²) in [5.41, 5.74) is 4.96. The molecule has 0 atom stereocenters. The highest BCUT2D eigenvalue weighted by molar-refractivity contribution is 5.55. The molecule has 0 spiro atoms. The van der Waals surface area contributed by atoms with E-state index >= 15 is 0 Å². The summed E-state index contributed by atoms with van der Waals surface area (Å²) in [6.45, 7) is 3.91. The molecule has 0 aliphatic carbocycles. The third-order valence-corrected chi connectivity index (χ3v) is 4.05. The van der Waals surface area contributed by atoms with Crippen molar-refractivity contribution < 1.29 is 5.11 Å². The maximum atomic E-state index is 10.1. The maximum absolute atomic E-state index is 10.1. The molecule has 2 aromatic carbocycles. The molecule has 20 heavy (non-hydrogen) atoms. The van der Waals surface area contributed by atoms with Crippen LogP contribution in [0.2, 0.25) is 0 Å². The van der Waals surface area contributed by atoms with Crippen molar-refractivity contribution in [2.75, 3.05) is 11.4 Å². The fourth-order valence-electron chi connectivity index (χ4n) is 2.98. The van der Waals surface area contributed by atoms with E-state index in [4.69, 9.17) is 0 Å². The lowest BCUT2D eigenvalue weighted by Crippen LogP contribution is -2.23. The lowest BCUT2D eigenvalue weighted by molar-refractivity contribution is 0.467. The fourth-order valence-corrected chi connectivity index (χ4v) is 2.98. The first-order chi connectivity index (χ1) is 9.74.